The van der Waals surface area contributed by atoms with Crippen LogP contribution < -0.4 is 0 Å². The van der Waals surface area contributed by atoms with E-state index in [1.54, 1.807) is 0 Å². The van der Waals surface area contributed by atoms with E-state index >= 15 is 0 Å². The number of halogens is 2. The Hall–Kier alpha value is -0.740. The molecule has 3 fully saturated rings. The van der Waals surface area contributed by atoms with Gasteiger partial charge in [-0.25, -0.2) is 0 Å². The van der Waals surface area contributed by atoms with Crippen LogP contribution >= 0.6 is 23.2 Å². The molecular formula is C20H24Cl2O3. The number of ether oxygens (including phenoxy) is 1. The second-order valence-electron chi connectivity index (χ2n) is 7.78. The first kappa shape index (κ1) is 17.7. The minimum Gasteiger partial charge on any atom is -0.512 e. The van der Waals surface area contributed by atoms with E-state index in [1.165, 1.54) is 0 Å². The fourth-order valence-electron chi connectivity index (χ4n) is 4.38. The van der Waals surface area contributed by atoms with Crippen LogP contribution in [0.15, 0.2) is 29.5 Å². The standard InChI is InChI=1S/C20H24Cl2O3/c21-16-2-1-3-17(22)15(16)7-14(20(24)11-4-5-11)10-25-19-9-12-6-13(19)8-18(12)23/h1-3,11-13,18-19,23-24H,4-10H2/b20-14+/t12?,13?,18?,19-/m0/s1. The summed E-state index contributed by atoms with van der Waals surface area (Å²) in [5.74, 6) is 1.56. The highest BCUT2D eigenvalue weighted by atomic mass is 35.5. The quantitative estimate of drug-likeness (QED) is 0.685. The number of benzene rings is 1. The van der Waals surface area contributed by atoms with Crippen LogP contribution in [0.3, 0.4) is 0 Å². The zero-order chi connectivity index (χ0) is 17.6. The first-order valence-corrected chi connectivity index (χ1v) is 9.92. The molecule has 4 atom stereocenters. The molecule has 1 aromatic rings. The summed E-state index contributed by atoms with van der Waals surface area (Å²) in [5, 5.41) is 21.8. The molecule has 0 aliphatic heterocycles. The van der Waals surface area contributed by atoms with E-state index in [2.05, 4.69) is 0 Å². The van der Waals surface area contributed by atoms with Crippen LogP contribution in [0.1, 0.15) is 37.7 Å². The van der Waals surface area contributed by atoms with E-state index in [-0.39, 0.29) is 18.1 Å². The Labute approximate surface area is 158 Å². The topological polar surface area (TPSA) is 49.7 Å². The average Bonchev–Trinajstić information content (AvgIpc) is 3.27. The van der Waals surface area contributed by atoms with E-state index in [4.69, 9.17) is 27.9 Å². The summed E-state index contributed by atoms with van der Waals surface area (Å²) >= 11 is 12.6. The summed E-state index contributed by atoms with van der Waals surface area (Å²) < 4.78 is 6.18. The zero-order valence-corrected chi connectivity index (χ0v) is 15.6. The molecule has 1 aromatic carbocycles. The van der Waals surface area contributed by atoms with E-state index in [1.807, 2.05) is 18.2 Å². The smallest absolute Gasteiger partial charge is 0.0971 e. The van der Waals surface area contributed by atoms with Gasteiger partial charge in [0.05, 0.1) is 24.6 Å². The van der Waals surface area contributed by atoms with Crippen molar-refractivity contribution in [3.8, 4) is 0 Å². The molecule has 4 rings (SSSR count). The highest BCUT2D eigenvalue weighted by Crippen LogP contribution is 2.46. The average molecular weight is 383 g/mol. The Bertz CT molecular complexity index is 661. The van der Waals surface area contributed by atoms with Crippen molar-refractivity contribution in [1.82, 2.24) is 0 Å². The molecule has 3 nitrogen and oxygen atoms in total. The van der Waals surface area contributed by atoms with Gasteiger partial charge in [-0.15, -0.1) is 0 Å². The second kappa shape index (κ2) is 7.11. The maximum absolute atomic E-state index is 10.6. The number of aliphatic hydroxyl groups is 2. The van der Waals surface area contributed by atoms with Crippen LogP contribution in [0.5, 0.6) is 0 Å². The van der Waals surface area contributed by atoms with Crippen molar-refractivity contribution in [1.29, 1.82) is 0 Å². The Morgan fingerprint density at radius 1 is 1.08 bits per heavy atom. The maximum Gasteiger partial charge on any atom is 0.0971 e. The van der Waals surface area contributed by atoms with Crippen molar-refractivity contribution < 1.29 is 14.9 Å². The van der Waals surface area contributed by atoms with Gasteiger partial charge >= 0.3 is 0 Å². The lowest BCUT2D eigenvalue weighted by Gasteiger charge is -2.26. The molecule has 3 unspecified atom stereocenters. The van der Waals surface area contributed by atoms with Gasteiger partial charge in [-0.2, -0.15) is 0 Å². The van der Waals surface area contributed by atoms with Gasteiger partial charge < -0.3 is 14.9 Å². The molecular weight excluding hydrogens is 359 g/mol. The van der Waals surface area contributed by atoms with Crippen molar-refractivity contribution in [2.45, 2.75) is 50.7 Å². The normalized spacial score (nSPS) is 32.1. The molecule has 0 heterocycles. The van der Waals surface area contributed by atoms with Crippen molar-refractivity contribution in [3.05, 3.63) is 45.1 Å². The van der Waals surface area contributed by atoms with Crippen molar-refractivity contribution in [2.75, 3.05) is 6.61 Å². The molecule has 0 radical (unpaired) electrons. The third-order valence-electron chi connectivity index (χ3n) is 6.00. The molecule has 0 aromatic heterocycles. The minimum atomic E-state index is -0.151. The predicted octanol–water partition coefficient (Wildman–Crippen LogP) is 4.93. The Balaban J connectivity index is 1.47. The number of hydrogen-bond acceptors (Lipinski definition) is 3. The number of fused-ring (bicyclic) bond motifs is 2. The largest absolute Gasteiger partial charge is 0.512 e. The van der Waals surface area contributed by atoms with Gasteiger partial charge in [0.1, 0.15) is 0 Å². The van der Waals surface area contributed by atoms with Gasteiger partial charge in [-0.1, -0.05) is 29.3 Å². The first-order chi connectivity index (χ1) is 12.0. The van der Waals surface area contributed by atoms with E-state index in [0.717, 1.165) is 43.2 Å². The van der Waals surface area contributed by atoms with Gasteiger partial charge in [0.2, 0.25) is 0 Å². The van der Waals surface area contributed by atoms with Crippen LogP contribution in [0.25, 0.3) is 0 Å². The van der Waals surface area contributed by atoms with E-state index < -0.39 is 0 Å². The predicted molar refractivity (Wildman–Crippen MR) is 99.1 cm³/mol. The summed E-state index contributed by atoms with van der Waals surface area (Å²) in [7, 11) is 0. The minimum absolute atomic E-state index is 0.151. The fourth-order valence-corrected chi connectivity index (χ4v) is 4.91. The van der Waals surface area contributed by atoms with Crippen LogP contribution in [0.4, 0.5) is 0 Å². The summed E-state index contributed by atoms with van der Waals surface area (Å²) in [6.07, 6.45) is 5.46. The summed E-state index contributed by atoms with van der Waals surface area (Å²) in [6.45, 7) is 0.411. The van der Waals surface area contributed by atoms with Gasteiger partial charge in [-0.05, 0) is 67.2 Å². The van der Waals surface area contributed by atoms with E-state index in [9.17, 15) is 10.2 Å². The SMILES string of the molecule is O/C(=C(/CO[C@H]1CC2CC1CC2O)Cc1c(Cl)cccc1Cl)C1CC1. The molecule has 2 bridgehead atoms. The lowest BCUT2D eigenvalue weighted by atomic mass is 9.95. The first-order valence-electron chi connectivity index (χ1n) is 9.16. The molecule has 3 saturated carbocycles. The molecule has 0 spiro atoms. The number of rotatable bonds is 6. The van der Waals surface area contributed by atoms with Crippen molar-refractivity contribution in [3.63, 3.8) is 0 Å². The van der Waals surface area contributed by atoms with Gasteiger partial charge in [0.25, 0.3) is 0 Å². The number of aliphatic hydroxyl groups excluding tert-OH is 2. The molecule has 25 heavy (non-hydrogen) atoms. The molecule has 3 aliphatic carbocycles. The molecule has 136 valence electrons. The van der Waals surface area contributed by atoms with Crippen LogP contribution in [-0.4, -0.2) is 29.0 Å². The lowest BCUT2D eigenvalue weighted by Crippen LogP contribution is -2.28. The third-order valence-corrected chi connectivity index (χ3v) is 6.71. The summed E-state index contributed by atoms with van der Waals surface area (Å²) in [6, 6.07) is 5.48. The highest BCUT2D eigenvalue weighted by Gasteiger charge is 2.45. The lowest BCUT2D eigenvalue weighted by molar-refractivity contribution is -0.00327. The zero-order valence-electron chi connectivity index (χ0n) is 14.1. The van der Waals surface area contributed by atoms with Crippen molar-refractivity contribution >= 4 is 23.2 Å². The van der Waals surface area contributed by atoms with Gasteiger partial charge in [0, 0.05) is 22.4 Å². The molecule has 2 N–H and O–H groups in total. The molecule has 0 saturated heterocycles. The highest BCUT2D eigenvalue weighted by molar-refractivity contribution is 6.36. The van der Waals surface area contributed by atoms with Crippen molar-refractivity contribution in [2.24, 2.45) is 17.8 Å². The summed E-state index contributed by atoms with van der Waals surface area (Å²) in [5.41, 5.74) is 1.74. The molecule has 3 aliphatic rings. The maximum atomic E-state index is 10.6. The number of allylic oxidation sites excluding steroid dienone is 1. The van der Waals surface area contributed by atoms with E-state index in [0.29, 0.717) is 40.7 Å². The van der Waals surface area contributed by atoms with Gasteiger partial charge in [-0.3, -0.25) is 0 Å². The fraction of sp³-hybridized carbons (Fsp3) is 0.600. The molecule has 0 amide bonds. The Morgan fingerprint density at radius 2 is 1.80 bits per heavy atom. The second-order valence-corrected chi connectivity index (χ2v) is 8.60. The van der Waals surface area contributed by atoms with Crippen LogP contribution in [-0.2, 0) is 11.2 Å². The number of hydrogen-bond donors (Lipinski definition) is 2. The molecule has 5 heteroatoms. The third kappa shape index (κ3) is 3.71. The van der Waals surface area contributed by atoms with Crippen LogP contribution in [0, 0.1) is 17.8 Å². The summed E-state index contributed by atoms with van der Waals surface area (Å²) in [4.78, 5) is 0. The van der Waals surface area contributed by atoms with Crippen LogP contribution in [0.2, 0.25) is 10.0 Å². The Morgan fingerprint density at radius 3 is 2.36 bits per heavy atom. The monoisotopic (exact) mass is 382 g/mol. The van der Waals surface area contributed by atoms with Gasteiger partial charge in [0.15, 0.2) is 0 Å². The Kier molecular flexibility index (Phi) is 5.02.